The second-order valence-corrected chi connectivity index (χ2v) is 19.7. The number of allylic oxidation sites excluding steroid dienone is 1. The van der Waals surface area contributed by atoms with Gasteiger partial charge in [-0.05, 0) is 164 Å². The molecule has 7 heteroatoms. The van der Waals surface area contributed by atoms with E-state index < -0.39 is 11.4 Å². The maximum absolute atomic E-state index is 14.7. The Morgan fingerprint density at radius 3 is 2.28 bits per heavy atom. The summed E-state index contributed by atoms with van der Waals surface area (Å²) >= 11 is 0. The first-order chi connectivity index (χ1) is 25.4. The number of carbonyl (C=O) groups excluding carboxylic acids is 2. The van der Waals surface area contributed by atoms with Crippen LogP contribution in [0.5, 0.6) is 0 Å². The Labute approximate surface area is 323 Å². The normalized spacial score (nSPS) is 37.9. The molecule has 8 unspecified atom stereocenters. The van der Waals surface area contributed by atoms with E-state index in [4.69, 9.17) is 0 Å². The lowest BCUT2D eigenvalue weighted by atomic mass is 9.32. The fourth-order valence-corrected chi connectivity index (χ4v) is 14.1. The van der Waals surface area contributed by atoms with E-state index in [-0.39, 0.29) is 57.6 Å². The molecule has 10 atom stereocenters. The number of aliphatic hydroxyl groups is 1. The predicted molar refractivity (Wildman–Crippen MR) is 213 cm³/mol. The fraction of sp³-hybridized carbons (Fsp3) is 0.638. The van der Waals surface area contributed by atoms with Crippen molar-refractivity contribution in [3.05, 3.63) is 82.4 Å². The number of hydrogen-bond acceptors (Lipinski definition) is 4. The molecule has 0 radical (unpaired) electrons. The number of fused-ring (bicyclic) bond motifs is 7. The van der Waals surface area contributed by atoms with Crippen LogP contribution < -0.4 is 10.6 Å². The largest absolute Gasteiger partial charge is 0.478 e. The van der Waals surface area contributed by atoms with E-state index in [0.717, 1.165) is 56.1 Å². The quantitative estimate of drug-likeness (QED) is 0.202. The lowest BCUT2D eigenvalue weighted by molar-refractivity contribution is -0.246. The highest BCUT2D eigenvalue weighted by atomic mass is 16.4. The third kappa shape index (κ3) is 5.80. The summed E-state index contributed by atoms with van der Waals surface area (Å²) in [6, 6.07) is 12.5. The molecule has 0 bridgehead atoms. The Morgan fingerprint density at radius 1 is 0.815 bits per heavy atom. The topological polar surface area (TPSA) is 116 Å². The van der Waals surface area contributed by atoms with Gasteiger partial charge in [0.25, 0.3) is 5.91 Å². The highest BCUT2D eigenvalue weighted by molar-refractivity contribution is 5.94. The summed E-state index contributed by atoms with van der Waals surface area (Å²) in [5.41, 5.74) is 4.27. The van der Waals surface area contributed by atoms with Crippen LogP contribution in [0.25, 0.3) is 0 Å². The molecule has 2 aromatic rings. The van der Waals surface area contributed by atoms with Gasteiger partial charge in [0.2, 0.25) is 5.91 Å². The molecule has 0 heterocycles. The van der Waals surface area contributed by atoms with Crippen molar-refractivity contribution in [2.45, 2.75) is 132 Å². The van der Waals surface area contributed by atoms with E-state index in [1.54, 1.807) is 25.1 Å². The van der Waals surface area contributed by atoms with Gasteiger partial charge in [-0.3, -0.25) is 9.59 Å². The monoisotopic (exact) mass is 736 g/mol. The number of hydrogen-bond donors (Lipinski definition) is 4. The van der Waals surface area contributed by atoms with Crippen molar-refractivity contribution in [3.63, 3.8) is 0 Å². The van der Waals surface area contributed by atoms with Gasteiger partial charge in [0.15, 0.2) is 0 Å². The van der Waals surface area contributed by atoms with Gasteiger partial charge in [-0.2, -0.15) is 0 Å². The maximum atomic E-state index is 14.7. The van der Waals surface area contributed by atoms with Crippen LogP contribution in [-0.2, 0) is 17.9 Å². The Hall–Kier alpha value is -3.45. The molecule has 2 aromatic carbocycles. The van der Waals surface area contributed by atoms with Gasteiger partial charge in [0.05, 0.1) is 17.1 Å². The average molecular weight is 737 g/mol. The minimum absolute atomic E-state index is 0.0686. The van der Waals surface area contributed by atoms with Crippen molar-refractivity contribution < 1.29 is 24.6 Å². The molecular formula is C47H64N2O5. The molecule has 0 saturated heterocycles. The zero-order chi connectivity index (χ0) is 39.0. The summed E-state index contributed by atoms with van der Waals surface area (Å²) < 4.78 is 0. The molecule has 7 nitrogen and oxygen atoms in total. The fourth-order valence-electron chi connectivity index (χ4n) is 14.1. The zero-order valence-electron chi connectivity index (χ0n) is 33.8. The number of aromatic carboxylic acids is 1. The van der Waals surface area contributed by atoms with Crippen molar-refractivity contribution >= 4 is 17.8 Å². The van der Waals surface area contributed by atoms with Gasteiger partial charge >= 0.3 is 5.97 Å². The van der Waals surface area contributed by atoms with Crippen LogP contribution in [0, 0.1) is 63.6 Å². The summed E-state index contributed by atoms with van der Waals surface area (Å²) in [7, 11) is 0. The molecule has 5 aliphatic carbocycles. The number of aliphatic hydroxyl groups excluding tert-OH is 1. The van der Waals surface area contributed by atoms with E-state index in [1.807, 2.05) is 24.3 Å². The number of benzene rings is 2. The number of carboxylic acid groups (broad SMARTS) is 1. The predicted octanol–water partition coefficient (Wildman–Crippen LogP) is 9.26. The molecule has 5 fully saturated rings. The smallest absolute Gasteiger partial charge is 0.335 e. The Kier molecular flexibility index (Phi) is 9.80. The molecule has 5 saturated carbocycles. The van der Waals surface area contributed by atoms with Crippen molar-refractivity contribution in [1.82, 2.24) is 10.6 Å². The van der Waals surface area contributed by atoms with Gasteiger partial charge in [-0.1, -0.05) is 71.0 Å². The Morgan fingerprint density at radius 2 is 1.56 bits per heavy atom. The SMILES string of the molecule is C=C(C)[C@@H]1CCC2(C(=O)NCc3cccc(C(=O)NCc4cccc(C(=O)O)c4C)c3)CC[C@]3(C)C(CCC4C5(C)CCC(O)C(C)(C)C5CCC43C)C12. The van der Waals surface area contributed by atoms with Crippen molar-refractivity contribution in [3.8, 4) is 0 Å². The molecular weight excluding hydrogens is 673 g/mol. The first-order valence-corrected chi connectivity index (χ1v) is 20.7. The van der Waals surface area contributed by atoms with Crippen molar-refractivity contribution in [1.29, 1.82) is 0 Å². The first-order valence-electron chi connectivity index (χ1n) is 20.7. The third-order valence-electron chi connectivity index (χ3n) is 17.3. The summed E-state index contributed by atoms with van der Waals surface area (Å²) in [5, 5.41) is 26.9. The second kappa shape index (κ2) is 13.6. The van der Waals surface area contributed by atoms with Gasteiger partial charge in [0, 0.05) is 18.7 Å². The average Bonchev–Trinajstić information content (AvgIpc) is 3.53. The summed E-state index contributed by atoms with van der Waals surface area (Å²) in [6.07, 6.45) is 10.4. The van der Waals surface area contributed by atoms with Crippen molar-refractivity contribution in [2.75, 3.05) is 0 Å². The molecule has 2 amide bonds. The molecule has 0 aliphatic heterocycles. The summed E-state index contributed by atoms with van der Waals surface area (Å²) in [5.74, 6) is 1.13. The van der Waals surface area contributed by atoms with E-state index in [9.17, 15) is 24.6 Å². The van der Waals surface area contributed by atoms with Crippen molar-refractivity contribution in [2.24, 2.45) is 56.7 Å². The van der Waals surface area contributed by atoms with E-state index in [1.165, 1.54) is 24.8 Å². The number of carboxylic acids is 1. The van der Waals surface area contributed by atoms with Gasteiger partial charge in [-0.25, -0.2) is 4.79 Å². The molecule has 7 rings (SSSR count). The van der Waals surface area contributed by atoms with Gasteiger partial charge in [-0.15, -0.1) is 0 Å². The zero-order valence-corrected chi connectivity index (χ0v) is 33.8. The molecule has 0 aromatic heterocycles. The van der Waals surface area contributed by atoms with Crippen LogP contribution >= 0.6 is 0 Å². The lowest BCUT2D eigenvalue weighted by Crippen LogP contribution is -2.67. The van der Waals surface area contributed by atoms with Crippen LogP contribution in [-0.4, -0.2) is 34.1 Å². The highest BCUT2D eigenvalue weighted by Crippen LogP contribution is 2.77. The highest BCUT2D eigenvalue weighted by Gasteiger charge is 2.71. The third-order valence-corrected chi connectivity index (χ3v) is 17.3. The molecule has 4 N–H and O–H groups in total. The minimum atomic E-state index is -0.986. The standard InChI is InChI=1S/C47H64N2O5/c1-28(2)33-17-22-47(42(54)49-26-30-11-9-12-31(25-30)40(51)48-27-32-13-10-14-34(29(32)3)41(52)53)24-23-45(7)35(39(33)47)15-16-37-44(6)20-19-38(50)43(4,5)36(44)18-21-46(37,45)8/h9-14,25,33,35-39,50H,1,15-24,26-27H2,2-8H3,(H,48,51)(H,49,54)(H,52,53)/t33-,35?,36?,37?,38?,39?,44?,45+,46?,47?/m0/s1. The van der Waals surface area contributed by atoms with E-state index in [2.05, 4.69) is 58.8 Å². The van der Waals surface area contributed by atoms with Gasteiger partial charge < -0.3 is 20.8 Å². The summed E-state index contributed by atoms with van der Waals surface area (Å²) in [6.45, 7) is 21.5. The van der Waals surface area contributed by atoms with E-state index in [0.29, 0.717) is 41.3 Å². The number of rotatable bonds is 8. The van der Waals surface area contributed by atoms with Crippen LogP contribution in [0.1, 0.15) is 143 Å². The lowest BCUT2D eigenvalue weighted by Gasteiger charge is -2.72. The van der Waals surface area contributed by atoms with Gasteiger partial charge in [0.1, 0.15) is 0 Å². The molecule has 54 heavy (non-hydrogen) atoms. The minimum Gasteiger partial charge on any atom is -0.478 e. The second-order valence-electron chi connectivity index (χ2n) is 19.7. The van der Waals surface area contributed by atoms with Crippen LogP contribution in [0.2, 0.25) is 0 Å². The Bertz CT molecular complexity index is 1850. The first kappa shape index (κ1) is 38.8. The number of carbonyl (C=O) groups is 3. The molecule has 5 aliphatic rings. The molecule has 292 valence electrons. The number of nitrogens with one attached hydrogen (secondary N) is 2. The molecule has 0 spiro atoms. The summed E-state index contributed by atoms with van der Waals surface area (Å²) in [4.78, 5) is 39.5. The maximum Gasteiger partial charge on any atom is 0.335 e. The Balaban J connectivity index is 1.08. The van der Waals surface area contributed by atoms with Crippen LogP contribution in [0.3, 0.4) is 0 Å². The van der Waals surface area contributed by atoms with Crippen LogP contribution in [0.4, 0.5) is 0 Å². The van der Waals surface area contributed by atoms with E-state index >= 15 is 0 Å². The van der Waals surface area contributed by atoms with Crippen LogP contribution in [0.15, 0.2) is 54.6 Å². The number of amides is 2.